The average molecular weight is 448 g/mol. The van der Waals surface area contributed by atoms with Crippen LogP contribution in [0.3, 0.4) is 0 Å². The number of methoxy groups -OCH3 is 2. The lowest BCUT2D eigenvalue weighted by molar-refractivity contribution is -0.133. The molecule has 0 spiro atoms. The van der Waals surface area contributed by atoms with Crippen LogP contribution in [0.5, 0.6) is 17.2 Å². The summed E-state index contributed by atoms with van der Waals surface area (Å²) in [6, 6.07) is 10.9. The van der Waals surface area contributed by atoms with Crippen molar-refractivity contribution in [1.29, 1.82) is 0 Å². The Kier molecular flexibility index (Phi) is 6.15. The molecule has 0 atom stereocenters. The predicted octanol–water partition coefficient (Wildman–Crippen LogP) is 3.69. The number of anilines is 1. The number of halogens is 1. The Morgan fingerprint density at radius 3 is 2.47 bits per heavy atom. The number of carbonyl (C=O) groups is 1. The Labute approximate surface area is 183 Å². The third-order valence-corrected chi connectivity index (χ3v) is 6.30. The third-order valence-electron chi connectivity index (χ3n) is 4.97. The fourth-order valence-corrected chi connectivity index (χ4v) is 4.49. The number of piperazine rings is 1. The van der Waals surface area contributed by atoms with Crippen molar-refractivity contribution >= 4 is 44.2 Å². The fraction of sp³-hybridized carbons (Fsp3) is 0.333. The maximum atomic E-state index is 12.5. The van der Waals surface area contributed by atoms with Crippen molar-refractivity contribution in [3.63, 3.8) is 0 Å². The molecule has 0 aliphatic carbocycles. The number of nitrogens with zero attached hydrogens (tertiary/aromatic N) is 3. The zero-order valence-electron chi connectivity index (χ0n) is 16.8. The Hall–Kier alpha value is -2.71. The molecule has 7 nitrogen and oxygen atoms in total. The summed E-state index contributed by atoms with van der Waals surface area (Å²) in [5.41, 5.74) is 0.798. The monoisotopic (exact) mass is 447 g/mol. The first kappa shape index (κ1) is 20.6. The van der Waals surface area contributed by atoms with E-state index in [0.29, 0.717) is 48.5 Å². The van der Waals surface area contributed by atoms with Crippen LogP contribution in [0.4, 0.5) is 5.13 Å². The topological polar surface area (TPSA) is 64.1 Å². The summed E-state index contributed by atoms with van der Waals surface area (Å²) in [6.07, 6.45) is 0. The van der Waals surface area contributed by atoms with Gasteiger partial charge in [0.2, 0.25) is 0 Å². The van der Waals surface area contributed by atoms with Gasteiger partial charge < -0.3 is 24.0 Å². The number of carbonyl (C=O) groups excluding carboxylic acids is 1. The molecule has 9 heteroatoms. The molecule has 1 aliphatic rings. The van der Waals surface area contributed by atoms with Gasteiger partial charge in [-0.1, -0.05) is 22.9 Å². The van der Waals surface area contributed by atoms with Gasteiger partial charge in [0, 0.05) is 31.2 Å². The largest absolute Gasteiger partial charge is 0.493 e. The van der Waals surface area contributed by atoms with Crippen LogP contribution in [0, 0.1) is 0 Å². The highest BCUT2D eigenvalue weighted by atomic mass is 35.5. The lowest BCUT2D eigenvalue weighted by atomic mass is 10.3. The molecule has 4 rings (SSSR count). The van der Waals surface area contributed by atoms with Crippen LogP contribution in [-0.4, -0.2) is 62.8 Å². The van der Waals surface area contributed by atoms with Gasteiger partial charge in [0.05, 0.1) is 18.9 Å². The molecule has 0 unspecified atom stereocenters. The van der Waals surface area contributed by atoms with E-state index >= 15 is 0 Å². The highest BCUT2D eigenvalue weighted by Crippen LogP contribution is 2.40. The minimum atomic E-state index is -0.0275. The summed E-state index contributed by atoms with van der Waals surface area (Å²) in [4.78, 5) is 21.3. The molecule has 30 heavy (non-hydrogen) atoms. The van der Waals surface area contributed by atoms with Crippen LogP contribution < -0.4 is 19.1 Å². The second-order valence-electron chi connectivity index (χ2n) is 6.75. The maximum absolute atomic E-state index is 12.5. The molecule has 2 aromatic carbocycles. The Balaban J connectivity index is 1.37. The van der Waals surface area contributed by atoms with Gasteiger partial charge in [-0.15, -0.1) is 0 Å². The molecule has 0 saturated carbocycles. The van der Waals surface area contributed by atoms with Crippen LogP contribution in [0.1, 0.15) is 0 Å². The van der Waals surface area contributed by atoms with E-state index in [0.717, 1.165) is 15.3 Å². The molecule has 2 heterocycles. The van der Waals surface area contributed by atoms with E-state index in [1.54, 1.807) is 49.8 Å². The summed E-state index contributed by atoms with van der Waals surface area (Å²) in [7, 11) is 3.23. The molecule has 1 amide bonds. The summed E-state index contributed by atoms with van der Waals surface area (Å²) in [5.74, 6) is 1.91. The lowest BCUT2D eigenvalue weighted by Crippen LogP contribution is -2.50. The van der Waals surface area contributed by atoms with Crippen LogP contribution in [0.25, 0.3) is 10.2 Å². The standard InChI is InChI=1S/C21H22ClN3O4S/c1-27-16-7-8-17-19(20(16)28-2)23-21(30-17)25-11-9-24(10-12-25)18(26)13-29-15-5-3-14(22)4-6-15/h3-8H,9-13H2,1-2H3. The van der Waals surface area contributed by atoms with Crippen molar-refractivity contribution in [2.75, 3.05) is 51.9 Å². The molecule has 0 radical (unpaired) electrons. The van der Waals surface area contributed by atoms with Gasteiger partial charge in [0.1, 0.15) is 11.3 Å². The van der Waals surface area contributed by atoms with E-state index in [2.05, 4.69) is 4.90 Å². The van der Waals surface area contributed by atoms with Crippen molar-refractivity contribution in [3.05, 3.63) is 41.4 Å². The second-order valence-corrected chi connectivity index (χ2v) is 8.20. The summed E-state index contributed by atoms with van der Waals surface area (Å²) in [6.45, 7) is 2.69. The maximum Gasteiger partial charge on any atom is 0.260 e. The molecule has 1 saturated heterocycles. The van der Waals surface area contributed by atoms with Crippen LogP contribution in [0.2, 0.25) is 5.02 Å². The van der Waals surface area contributed by atoms with E-state index < -0.39 is 0 Å². The number of hydrogen-bond acceptors (Lipinski definition) is 7. The van der Waals surface area contributed by atoms with E-state index in [1.807, 2.05) is 17.0 Å². The number of aromatic nitrogens is 1. The highest BCUT2D eigenvalue weighted by Gasteiger charge is 2.24. The van der Waals surface area contributed by atoms with Crippen LogP contribution in [-0.2, 0) is 4.79 Å². The molecule has 0 bridgehead atoms. The molecule has 1 aliphatic heterocycles. The van der Waals surface area contributed by atoms with Crippen molar-refractivity contribution in [2.45, 2.75) is 0 Å². The van der Waals surface area contributed by atoms with Gasteiger partial charge in [0.15, 0.2) is 23.2 Å². The minimum Gasteiger partial charge on any atom is -0.493 e. The number of hydrogen-bond donors (Lipinski definition) is 0. The number of benzene rings is 2. The van der Waals surface area contributed by atoms with Crippen molar-refractivity contribution in [2.24, 2.45) is 0 Å². The van der Waals surface area contributed by atoms with Crippen LogP contribution >= 0.6 is 22.9 Å². The zero-order chi connectivity index (χ0) is 21.1. The summed E-state index contributed by atoms with van der Waals surface area (Å²) >= 11 is 7.48. The van der Waals surface area contributed by atoms with Gasteiger partial charge in [-0.2, -0.15) is 0 Å². The number of amides is 1. The molecular weight excluding hydrogens is 426 g/mol. The smallest absolute Gasteiger partial charge is 0.260 e. The number of rotatable bonds is 6. The van der Waals surface area contributed by atoms with Crippen molar-refractivity contribution < 1.29 is 19.0 Å². The fourth-order valence-electron chi connectivity index (χ4n) is 3.35. The first-order valence-corrected chi connectivity index (χ1v) is 10.7. The molecule has 1 fully saturated rings. The number of ether oxygens (including phenoxy) is 3. The summed E-state index contributed by atoms with van der Waals surface area (Å²) < 4.78 is 17.5. The third kappa shape index (κ3) is 4.24. The van der Waals surface area contributed by atoms with E-state index in [9.17, 15) is 4.79 Å². The SMILES string of the molecule is COc1ccc2sc(N3CCN(C(=O)COc4ccc(Cl)cc4)CC3)nc2c1OC. The molecule has 1 aromatic heterocycles. The van der Waals surface area contributed by atoms with Crippen LogP contribution in [0.15, 0.2) is 36.4 Å². The summed E-state index contributed by atoms with van der Waals surface area (Å²) in [5, 5.41) is 1.55. The Morgan fingerprint density at radius 2 is 1.80 bits per heavy atom. The predicted molar refractivity (Wildman–Crippen MR) is 118 cm³/mol. The van der Waals surface area contributed by atoms with Gasteiger partial charge in [-0.3, -0.25) is 4.79 Å². The van der Waals surface area contributed by atoms with Crippen molar-refractivity contribution in [3.8, 4) is 17.2 Å². The first-order valence-electron chi connectivity index (χ1n) is 9.51. The van der Waals surface area contributed by atoms with Gasteiger partial charge in [-0.25, -0.2) is 4.98 Å². The quantitative estimate of drug-likeness (QED) is 0.574. The molecule has 158 valence electrons. The first-order chi connectivity index (χ1) is 14.6. The number of fused-ring (bicyclic) bond motifs is 1. The second kappa shape index (κ2) is 8.97. The molecular formula is C21H22ClN3O4S. The van der Waals surface area contributed by atoms with E-state index in [1.165, 1.54) is 0 Å². The Bertz CT molecular complexity index is 1030. The lowest BCUT2D eigenvalue weighted by Gasteiger charge is -2.34. The zero-order valence-corrected chi connectivity index (χ0v) is 18.3. The highest BCUT2D eigenvalue weighted by molar-refractivity contribution is 7.22. The molecule has 0 N–H and O–H groups in total. The normalized spacial score (nSPS) is 14.1. The molecule has 3 aromatic rings. The van der Waals surface area contributed by atoms with E-state index in [-0.39, 0.29) is 12.5 Å². The van der Waals surface area contributed by atoms with E-state index in [4.69, 9.17) is 30.8 Å². The Morgan fingerprint density at radius 1 is 1.07 bits per heavy atom. The van der Waals surface area contributed by atoms with Gasteiger partial charge in [-0.05, 0) is 36.4 Å². The minimum absolute atomic E-state index is 0.0137. The van der Waals surface area contributed by atoms with Crippen molar-refractivity contribution in [1.82, 2.24) is 9.88 Å². The number of thiazole rings is 1. The average Bonchev–Trinajstić information content (AvgIpc) is 3.22. The van der Waals surface area contributed by atoms with Gasteiger partial charge >= 0.3 is 0 Å². The van der Waals surface area contributed by atoms with Gasteiger partial charge in [0.25, 0.3) is 5.91 Å².